The van der Waals surface area contributed by atoms with E-state index < -0.39 is 0 Å². The smallest absolute Gasteiger partial charge is 0.251 e. The molecule has 0 bridgehead atoms. The number of nitrogens with zero attached hydrogens (tertiary/aromatic N) is 1. The molecule has 2 amide bonds. The van der Waals surface area contributed by atoms with Gasteiger partial charge < -0.3 is 10.2 Å². The summed E-state index contributed by atoms with van der Waals surface area (Å²) in [5.74, 6) is -0.0718. The Bertz CT molecular complexity index is 485. The Labute approximate surface area is 128 Å². The number of carbonyl (C=O) groups excluding carboxylic acids is 2. The molecule has 0 aliphatic heterocycles. The van der Waals surface area contributed by atoms with Gasteiger partial charge in [-0.3, -0.25) is 9.59 Å². The normalized spacial score (nSPS) is 10.2. The molecule has 4 nitrogen and oxygen atoms in total. The second-order valence-electron chi connectivity index (χ2n) is 4.48. The molecule has 0 fully saturated rings. The van der Waals surface area contributed by atoms with Crippen LogP contribution in [-0.2, 0) is 4.79 Å². The average Bonchev–Trinajstić information content (AvgIpc) is 2.43. The molecule has 0 atom stereocenters. The Balaban J connectivity index is 2.52. The fourth-order valence-electron chi connectivity index (χ4n) is 1.97. The minimum absolute atomic E-state index is 0.0706. The maximum absolute atomic E-state index is 12.1. The van der Waals surface area contributed by atoms with Crippen LogP contribution in [0.5, 0.6) is 0 Å². The van der Waals surface area contributed by atoms with Gasteiger partial charge in [-0.05, 0) is 38.5 Å². The van der Waals surface area contributed by atoms with Crippen molar-refractivity contribution in [3.05, 3.63) is 33.8 Å². The summed E-state index contributed by atoms with van der Waals surface area (Å²) in [5.41, 5.74) is 1.54. The van der Waals surface area contributed by atoms with Gasteiger partial charge in [-0.15, -0.1) is 0 Å². The van der Waals surface area contributed by atoms with Gasteiger partial charge in [0.25, 0.3) is 5.91 Å². The second kappa shape index (κ2) is 8.04. The first-order valence-electron chi connectivity index (χ1n) is 6.82. The van der Waals surface area contributed by atoms with Crippen LogP contribution >= 0.6 is 15.9 Å². The third-order valence-electron chi connectivity index (χ3n) is 3.25. The van der Waals surface area contributed by atoms with Crippen LogP contribution in [0.1, 0.15) is 36.2 Å². The van der Waals surface area contributed by atoms with E-state index in [-0.39, 0.29) is 11.8 Å². The predicted octanol–water partition coefficient (Wildman–Crippen LogP) is 2.75. The van der Waals surface area contributed by atoms with E-state index in [0.717, 1.165) is 10.0 Å². The van der Waals surface area contributed by atoms with Crippen LogP contribution in [0.15, 0.2) is 22.7 Å². The highest BCUT2D eigenvalue weighted by atomic mass is 79.9. The minimum atomic E-state index is -0.142. The zero-order valence-corrected chi connectivity index (χ0v) is 13.8. The molecular weight excluding hydrogens is 320 g/mol. The highest BCUT2D eigenvalue weighted by Gasteiger charge is 2.12. The Morgan fingerprint density at radius 3 is 2.50 bits per heavy atom. The summed E-state index contributed by atoms with van der Waals surface area (Å²) in [6.45, 7) is 7.55. The summed E-state index contributed by atoms with van der Waals surface area (Å²) in [7, 11) is 0. The van der Waals surface area contributed by atoms with Gasteiger partial charge in [0.1, 0.15) is 0 Å². The Kier molecular flexibility index (Phi) is 6.71. The summed E-state index contributed by atoms with van der Waals surface area (Å²) in [4.78, 5) is 25.6. The van der Waals surface area contributed by atoms with Gasteiger partial charge in [-0.1, -0.05) is 22.0 Å². The van der Waals surface area contributed by atoms with Crippen molar-refractivity contribution >= 4 is 27.7 Å². The summed E-state index contributed by atoms with van der Waals surface area (Å²) in [6.07, 6.45) is 0.334. The summed E-state index contributed by atoms with van der Waals surface area (Å²) in [6, 6.07) is 5.50. The number of amides is 2. The zero-order chi connectivity index (χ0) is 15.1. The van der Waals surface area contributed by atoms with Gasteiger partial charge in [0.2, 0.25) is 5.91 Å². The molecule has 0 aromatic heterocycles. The molecule has 1 rings (SSSR count). The largest absolute Gasteiger partial charge is 0.352 e. The fraction of sp³-hybridized carbons (Fsp3) is 0.467. The lowest BCUT2D eigenvalue weighted by molar-refractivity contribution is -0.130. The number of rotatable bonds is 6. The van der Waals surface area contributed by atoms with Gasteiger partial charge >= 0.3 is 0 Å². The first-order chi connectivity index (χ1) is 9.51. The summed E-state index contributed by atoms with van der Waals surface area (Å²) in [5, 5.41) is 2.79. The monoisotopic (exact) mass is 340 g/mol. The molecule has 0 unspecified atom stereocenters. The van der Waals surface area contributed by atoms with Crippen molar-refractivity contribution < 1.29 is 9.59 Å². The van der Waals surface area contributed by atoms with Crippen LogP contribution in [0, 0.1) is 6.92 Å². The van der Waals surface area contributed by atoms with Crippen molar-refractivity contribution in [1.29, 1.82) is 0 Å². The molecule has 0 aliphatic carbocycles. The van der Waals surface area contributed by atoms with E-state index in [2.05, 4.69) is 21.2 Å². The van der Waals surface area contributed by atoms with E-state index in [0.29, 0.717) is 31.6 Å². The summed E-state index contributed by atoms with van der Waals surface area (Å²) < 4.78 is 0.907. The van der Waals surface area contributed by atoms with Crippen molar-refractivity contribution in [1.82, 2.24) is 10.2 Å². The molecule has 0 heterocycles. The first-order valence-corrected chi connectivity index (χ1v) is 7.61. The van der Waals surface area contributed by atoms with E-state index in [1.807, 2.05) is 32.9 Å². The SMILES string of the molecule is CCN(CC)C(=O)CCNC(=O)c1cccc(Br)c1C. The third-order valence-corrected chi connectivity index (χ3v) is 4.11. The van der Waals surface area contributed by atoms with E-state index >= 15 is 0 Å². The van der Waals surface area contributed by atoms with Crippen LogP contribution in [-0.4, -0.2) is 36.3 Å². The maximum atomic E-state index is 12.1. The van der Waals surface area contributed by atoms with Crippen LogP contribution in [0.2, 0.25) is 0 Å². The molecule has 1 aromatic rings. The van der Waals surface area contributed by atoms with E-state index in [9.17, 15) is 9.59 Å². The Morgan fingerprint density at radius 2 is 1.90 bits per heavy atom. The molecule has 1 N–H and O–H groups in total. The standard InChI is InChI=1S/C15H21BrN2O2/c1-4-18(5-2)14(19)9-10-17-15(20)12-7-6-8-13(16)11(12)3/h6-8H,4-5,9-10H2,1-3H3,(H,17,20). The number of hydrogen-bond acceptors (Lipinski definition) is 2. The predicted molar refractivity (Wildman–Crippen MR) is 83.8 cm³/mol. The Morgan fingerprint density at radius 1 is 1.25 bits per heavy atom. The lowest BCUT2D eigenvalue weighted by atomic mass is 10.1. The van der Waals surface area contributed by atoms with Crippen molar-refractivity contribution in [2.24, 2.45) is 0 Å². The fourth-order valence-corrected chi connectivity index (χ4v) is 2.33. The van der Waals surface area contributed by atoms with Gasteiger partial charge in [-0.25, -0.2) is 0 Å². The molecule has 0 aliphatic rings. The quantitative estimate of drug-likeness (QED) is 0.865. The molecule has 0 saturated heterocycles. The zero-order valence-electron chi connectivity index (χ0n) is 12.2. The third kappa shape index (κ3) is 4.34. The van der Waals surface area contributed by atoms with Crippen molar-refractivity contribution in [2.75, 3.05) is 19.6 Å². The maximum Gasteiger partial charge on any atom is 0.251 e. The van der Waals surface area contributed by atoms with E-state index in [1.54, 1.807) is 11.0 Å². The van der Waals surface area contributed by atoms with Gasteiger partial charge in [0.15, 0.2) is 0 Å². The number of nitrogens with one attached hydrogen (secondary N) is 1. The lowest BCUT2D eigenvalue weighted by Gasteiger charge is -2.18. The van der Waals surface area contributed by atoms with Gasteiger partial charge in [0.05, 0.1) is 0 Å². The average molecular weight is 341 g/mol. The molecule has 20 heavy (non-hydrogen) atoms. The second-order valence-corrected chi connectivity index (χ2v) is 5.34. The molecular formula is C15H21BrN2O2. The van der Waals surface area contributed by atoms with Gasteiger partial charge in [-0.2, -0.15) is 0 Å². The number of hydrogen-bond donors (Lipinski definition) is 1. The number of carbonyl (C=O) groups is 2. The van der Waals surface area contributed by atoms with Gasteiger partial charge in [0, 0.05) is 36.1 Å². The minimum Gasteiger partial charge on any atom is -0.352 e. The topological polar surface area (TPSA) is 49.4 Å². The summed E-state index contributed by atoms with van der Waals surface area (Å²) >= 11 is 3.40. The molecule has 5 heteroatoms. The van der Waals surface area contributed by atoms with Crippen LogP contribution in [0.3, 0.4) is 0 Å². The molecule has 110 valence electrons. The van der Waals surface area contributed by atoms with Crippen LogP contribution < -0.4 is 5.32 Å². The highest BCUT2D eigenvalue weighted by Crippen LogP contribution is 2.19. The van der Waals surface area contributed by atoms with E-state index in [4.69, 9.17) is 0 Å². The Hall–Kier alpha value is -1.36. The molecule has 1 aromatic carbocycles. The van der Waals surface area contributed by atoms with Crippen LogP contribution in [0.25, 0.3) is 0 Å². The molecule has 0 saturated carbocycles. The van der Waals surface area contributed by atoms with E-state index in [1.165, 1.54) is 0 Å². The van der Waals surface area contributed by atoms with Crippen molar-refractivity contribution in [2.45, 2.75) is 27.2 Å². The number of halogens is 1. The van der Waals surface area contributed by atoms with Crippen LogP contribution in [0.4, 0.5) is 0 Å². The van der Waals surface area contributed by atoms with Crippen molar-refractivity contribution in [3.63, 3.8) is 0 Å². The first kappa shape index (κ1) is 16.7. The molecule has 0 spiro atoms. The number of benzene rings is 1. The lowest BCUT2D eigenvalue weighted by Crippen LogP contribution is -2.34. The van der Waals surface area contributed by atoms with Crippen molar-refractivity contribution in [3.8, 4) is 0 Å². The highest BCUT2D eigenvalue weighted by molar-refractivity contribution is 9.10. The molecule has 0 radical (unpaired) electrons.